The van der Waals surface area contributed by atoms with Gasteiger partial charge in [0.05, 0.1) is 11.3 Å². The van der Waals surface area contributed by atoms with Crippen molar-refractivity contribution in [2.24, 2.45) is 0 Å². The molecular formula is C24H20N2O3S. The summed E-state index contributed by atoms with van der Waals surface area (Å²) in [7, 11) is 0. The molecule has 0 fully saturated rings. The highest BCUT2D eigenvalue weighted by Gasteiger charge is 2.21. The standard InChI is InChI=1S/C24H20N2O3S/c1-17-20(16-28-18-10-4-2-5-11-18)23(26-29-17)24(27)25-21-14-8-9-15-22(21)30-19-12-6-3-7-13-19/h2-15H,16H2,1H3,(H,25,27). The molecule has 1 N–H and O–H groups in total. The largest absolute Gasteiger partial charge is 0.489 e. The van der Waals surface area contributed by atoms with E-state index in [1.807, 2.05) is 84.9 Å². The minimum Gasteiger partial charge on any atom is -0.489 e. The van der Waals surface area contributed by atoms with Crippen molar-refractivity contribution in [1.29, 1.82) is 0 Å². The number of anilines is 1. The zero-order valence-corrected chi connectivity index (χ0v) is 17.2. The van der Waals surface area contributed by atoms with Crippen LogP contribution in [0.25, 0.3) is 0 Å². The topological polar surface area (TPSA) is 64.4 Å². The van der Waals surface area contributed by atoms with Gasteiger partial charge in [-0.3, -0.25) is 4.79 Å². The smallest absolute Gasteiger partial charge is 0.278 e. The lowest BCUT2D eigenvalue weighted by Crippen LogP contribution is -2.16. The second-order valence-corrected chi connectivity index (χ2v) is 7.65. The van der Waals surface area contributed by atoms with Crippen LogP contribution in [0.3, 0.4) is 0 Å². The highest BCUT2D eigenvalue weighted by Crippen LogP contribution is 2.33. The Bertz CT molecular complexity index is 1130. The van der Waals surface area contributed by atoms with E-state index in [9.17, 15) is 4.79 Å². The summed E-state index contributed by atoms with van der Waals surface area (Å²) in [6, 6.07) is 27.1. The molecule has 0 unspecified atom stereocenters. The molecule has 30 heavy (non-hydrogen) atoms. The minimum absolute atomic E-state index is 0.197. The number of para-hydroxylation sites is 2. The van der Waals surface area contributed by atoms with Gasteiger partial charge >= 0.3 is 0 Å². The van der Waals surface area contributed by atoms with Crippen LogP contribution < -0.4 is 10.1 Å². The fourth-order valence-electron chi connectivity index (χ4n) is 2.87. The first-order chi connectivity index (χ1) is 14.7. The van der Waals surface area contributed by atoms with Gasteiger partial charge < -0.3 is 14.6 Å². The number of nitrogens with one attached hydrogen (secondary N) is 1. The summed E-state index contributed by atoms with van der Waals surface area (Å²) in [5.74, 6) is 0.941. The fraction of sp³-hybridized carbons (Fsp3) is 0.0833. The first-order valence-electron chi connectivity index (χ1n) is 9.47. The summed E-state index contributed by atoms with van der Waals surface area (Å²) in [5.41, 5.74) is 1.57. The normalized spacial score (nSPS) is 10.6. The number of nitrogens with zero attached hydrogens (tertiary/aromatic N) is 1. The van der Waals surface area contributed by atoms with E-state index in [0.29, 0.717) is 22.8 Å². The third-order valence-corrected chi connectivity index (χ3v) is 5.52. The van der Waals surface area contributed by atoms with E-state index in [0.717, 1.165) is 9.79 Å². The lowest BCUT2D eigenvalue weighted by atomic mass is 10.2. The number of rotatable bonds is 7. The molecule has 150 valence electrons. The first kappa shape index (κ1) is 19.8. The van der Waals surface area contributed by atoms with Crippen LogP contribution in [0.5, 0.6) is 5.75 Å². The number of aryl methyl sites for hydroxylation is 1. The molecule has 5 nitrogen and oxygen atoms in total. The molecule has 0 atom stereocenters. The van der Waals surface area contributed by atoms with E-state index in [4.69, 9.17) is 9.26 Å². The number of carbonyl (C=O) groups excluding carboxylic acids is 1. The number of carbonyl (C=O) groups is 1. The van der Waals surface area contributed by atoms with E-state index >= 15 is 0 Å². The number of hydrogen-bond acceptors (Lipinski definition) is 5. The van der Waals surface area contributed by atoms with Gasteiger partial charge in [0.25, 0.3) is 5.91 Å². The Hall–Kier alpha value is -3.51. The molecule has 0 aliphatic carbocycles. The number of aromatic nitrogens is 1. The van der Waals surface area contributed by atoms with Gasteiger partial charge in [0.15, 0.2) is 5.69 Å². The average molecular weight is 417 g/mol. The monoisotopic (exact) mass is 416 g/mol. The maximum atomic E-state index is 13.0. The predicted octanol–water partition coefficient (Wildman–Crippen LogP) is 5.97. The van der Waals surface area contributed by atoms with Crippen molar-refractivity contribution in [2.45, 2.75) is 23.3 Å². The SMILES string of the molecule is Cc1onc(C(=O)Nc2ccccc2Sc2ccccc2)c1COc1ccccc1. The van der Waals surface area contributed by atoms with Crippen molar-refractivity contribution >= 4 is 23.4 Å². The molecule has 1 aromatic heterocycles. The van der Waals surface area contributed by atoms with Gasteiger partial charge in [-0.25, -0.2) is 0 Å². The van der Waals surface area contributed by atoms with Crippen molar-refractivity contribution < 1.29 is 14.1 Å². The van der Waals surface area contributed by atoms with Gasteiger partial charge in [-0.1, -0.05) is 65.4 Å². The molecule has 3 aromatic carbocycles. The third-order valence-electron chi connectivity index (χ3n) is 4.43. The maximum absolute atomic E-state index is 13.0. The van der Waals surface area contributed by atoms with E-state index in [2.05, 4.69) is 10.5 Å². The zero-order valence-electron chi connectivity index (χ0n) is 16.4. The summed E-state index contributed by atoms with van der Waals surface area (Å²) in [6.45, 7) is 1.97. The van der Waals surface area contributed by atoms with Crippen molar-refractivity contribution in [3.8, 4) is 5.75 Å². The average Bonchev–Trinajstić information content (AvgIpc) is 3.15. The molecule has 0 bridgehead atoms. The molecule has 4 rings (SSSR count). The molecule has 0 saturated heterocycles. The summed E-state index contributed by atoms with van der Waals surface area (Å²) < 4.78 is 11.1. The summed E-state index contributed by atoms with van der Waals surface area (Å²) in [4.78, 5) is 15.0. The van der Waals surface area contributed by atoms with E-state index in [-0.39, 0.29) is 18.2 Å². The Morgan fingerprint density at radius 2 is 1.63 bits per heavy atom. The molecule has 0 aliphatic heterocycles. The van der Waals surface area contributed by atoms with Crippen LogP contribution in [0.1, 0.15) is 21.8 Å². The summed E-state index contributed by atoms with van der Waals surface area (Å²) >= 11 is 1.59. The van der Waals surface area contributed by atoms with Crippen LogP contribution in [0, 0.1) is 6.92 Å². The number of ether oxygens (including phenoxy) is 1. The number of benzene rings is 3. The highest BCUT2D eigenvalue weighted by atomic mass is 32.2. The molecule has 1 amide bonds. The zero-order chi connectivity index (χ0) is 20.8. The van der Waals surface area contributed by atoms with Crippen LogP contribution in [-0.4, -0.2) is 11.1 Å². The lowest BCUT2D eigenvalue weighted by Gasteiger charge is -2.11. The van der Waals surface area contributed by atoms with Gasteiger partial charge in [-0.2, -0.15) is 0 Å². The van der Waals surface area contributed by atoms with E-state index in [1.165, 1.54) is 0 Å². The molecule has 0 spiro atoms. The van der Waals surface area contributed by atoms with Gasteiger partial charge in [-0.05, 0) is 43.3 Å². The van der Waals surface area contributed by atoms with Crippen molar-refractivity contribution in [3.63, 3.8) is 0 Å². The molecule has 0 saturated carbocycles. The van der Waals surface area contributed by atoms with Gasteiger partial charge in [0.2, 0.25) is 0 Å². The Labute approximate surface area is 179 Å². The van der Waals surface area contributed by atoms with Gasteiger partial charge in [-0.15, -0.1) is 0 Å². The summed E-state index contributed by atoms with van der Waals surface area (Å²) in [6.07, 6.45) is 0. The minimum atomic E-state index is -0.334. The molecule has 0 aliphatic rings. The van der Waals surface area contributed by atoms with Crippen LogP contribution in [-0.2, 0) is 6.61 Å². The van der Waals surface area contributed by atoms with Gasteiger partial charge in [0.1, 0.15) is 18.1 Å². The van der Waals surface area contributed by atoms with Crippen LogP contribution >= 0.6 is 11.8 Å². The number of hydrogen-bond donors (Lipinski definition) is 1. The quantitative estimate of drug-likeness (QED) is 0.402. The Morgan fingerprint density at radius 1 is 0.967 bits per heavy atom. The Balaban J connectivity index is 1.51. The fourth-order valence-corrected chi connectivity index (χ4v) is 3.79. The van der Waals surface area contributed by atoms with Crippen molar-refractivity contribution in [3.05, 3.63) is 102 Å². The first-order valence-corrected chi connectivity index (χ1v) is 10.3. The van der Waals surface area contributed by atoms with Crippen LogP contribution in [0.4, 0.5) is 5.69 Å². The van der Waals surface area contributed by atoms with Crippen molar-refractivity contribution in [1.82, 2.24) is 5.16 Å². The van der Waals surface area contributed by atoms with Gasteiger partial charge in [0, 0.05) is 9.79 Å². The molecular weight excluding hydrogens is 396 g/mol. The Kier molecular flexibility index (Phi) is 6.15. The number of amides is 1. The van der Waals surface area contributed by atoms with Crippen LogP contribution in [0.15, 0.2) is 99.2 Å². The predicted molar refractivity (Wildman–Crippen MR) is 117 cm³/mol. The molecule has 0 radical (unpaired) electrons. The molecule has 1 heterocycles. The second-order valence-electron chi connectivity index (χ2n) is 6.53. The van der Waals surface area contributed by atoms with Crippen molar-refractivity contribution in [2.75, 3.05) is 5.32 Å². The van der Waals surface area contributed by atoms with Crippen LogP contribution in [0.2, 0.25) is 0 Å². The maximum Gasteiger partial charge on any atom is 0.278 e. The summed E-state index contributed by atoms with van der Waals surface area (Å²) in [5, 5.41) is 6.93. The highest BCUT2D eigenvalue weighted by molar-refractivity contribution is 7.99. The van der Waals surface area contributed by atoms with E-state index < -0.39 is 0 Å². The lowest BCUT2D eigenvalue weighted by molar-refractivity contribution is 0.101. The molecule has 4 aromatic rings. The van der Waals surface area contributed by atoms with E-state index in [1.54, 1.807) is 18.7 Å². The third kappa shape index (κ3) is 4.72. The second kappa shape index (κ2) is 9.33. The molecule has 6 heteroatoms. The Morgan fingerprint density at radius 3 is 2.40 bits per heavy atom.